The van der Waals surface area contributed by atoms with Gasteiger partial charge in [-0.3, -0.25) is 14.7 Å². The van der Waals surface area contributed by atoms with Gasteiger partial charge in [-0.25, -0.2) is 0 Å². The molecule has 1 aliphatic rings. The van der Waals surface area contributed by atoms with Gasteiger partial charge in [0.1, 0.15) is 0 Å². The summed E-state index contributed by atoms with van der Waals surface area (Å²) in [5.41, 5.74) is 3.05. The lowest BCUT2D eigenvalue weighted by molar-refractivity contribution is 0.0842. The van der Waals surface area contributed by atoms with E-state index in [0.29, 0.717) is 17.1 Å². The Morgan fingerprint density at radius 3 is 2.92 bits per heavy atom. The predicted octanol–water partition coefficient (Wildman–Crippen LogP) is 1.88. The largest absolute Gasteiger partial charge is 0.390 e. The number of aromatic nitrogens is 1. The van der Waals surface area contributed by atoms with Crippen molar-refractivity contribution < 1.29 is 9.90 Å². The average molecular weight is 346 g/mol. The van der Waals surface area contributed by atoms with Crippen LogP contribution in [0.25, 0.3) is 0 Å². The van der Waals surface area contributed by atoms with E-state index in [1.54, 1.807) is 6.07 Å². The first-order valence-electron chi connectivity index (χ1n) is 7.98. The molecular formula is C18H20ClN3O2. The quantitative estimate of drug-likeness (QED) is 0.868. The molecule has 2 N–H and O–H groups in total. The molecule has 24 heavy (non-hydrogen) atoms. The van der Waals surface area contributed by atoms with Crippen LogP contribution in [0.3, 0.4) is 0 Å². The molecule has 0 saturated heterocycles. The number of benzene rings is 1. The van der Waals surface area contributed by atoms with Gasteiger partial charge in [0, 0.05) is 38.6 Å². The Bertz CT molecular complexity index is 723. The smallest absolute Gasteiger partial charge is 0.253 e. The topological polar surface area (TPSA) is 65.5 Å². The Morgan fingerprint density at radius 1 is 1.33 bits per heavy atom. The van der Waals surface area contributed by atoms with E-state index < -0.39 is 6.10 Å². The minimum absolute atomic E-state index is 0.190. The fraction of sp³-hybridized carbons (Fsp3) is 0.333. The molecule has 1 amide bonds. The maximum absolute atomic E-state index is 12.1. The van der Waals surface area contributed by atoms with Gasteiger partial charge in [0.25, 0.3) is 5.91 Å². The molecule has 6 heteroatoms. The minimum Gasteiger partial charge on any atom is -0.390 e. The van der Waals surface area contributed by atoms with Gasteiger partial charge in [-0.2, -0.15) is 0 Å². The van der Waals surface area contributed by atoms with E-state index in [-0.39, 0.29) is 12.5 Å². The first-order valence-corrected chi connectivity index (χ1v) is 8.36. The van der Waals surface area contributed by atoms with Gasteiger partial charge in [0.15, 0.2) is 0 Å². The molecule has 1 atom stereocenters. The number of hydrogen-bond acceptors (Lipinski definition) is 4. The number of nitrogens with one attached hydrogen (secondary N) is 1. The first kappa shape index (κ1) is 16.9. The zero-order chi connectivity index (χ0) is 16.9. The Morgan fingerprint density at radius 2 is 2.12 bits per heavy atom. The number of carbonyl (C=O) groups excluding carboxylic acids is 1. The van der Waals surface area contributed by atoms with Crippen LogP contribution in [0.2, 0.25) is 5.02 Å². The summed E-state index contributed by atoms with van der Waals surface area (Å²) in [6.07, 6.45) is 3.31. The second-order valence-electron chi connectivity index (χ2n) is 5.97. The van der Waals surface area contributed by atoms with E-state index in [1.165, 1.54) is 23.5 Å². The van der Waals surface area contributed by atoms with Crippen LogP contribution >= 0.6 is 11.6 Å². The first-order chi connectivity index (χ1) is 11.6. The molecule has 0 unspecified atom stereocenters. The molecule has 0 saturated carbocycles. The molecule has 5 nitrogen and oxygen atoms in total. The van der Waals surface area contributed by atoms with Crippen LogP contribution in [0.15, 0.2) is 42.7 Å². The van der Waals surface area contributed by atoms with Crippen LogP contribution in [0.4, 0.5) is 0 Å². The van der Waals surface area contributed by atoms with Crippen molar-refractivity contribution in [3.8, 4) is 0 Å². The lowest BCUT2D eigenvalue weighted by Gasteiger charge is -2.30. The Hall–Kier alpha value is -1.95. The molecule has 1 aromatic heterocycles. The van der Waals surface area contributed by atoms with E-state index >= 15 is 0 Å². The van der Waals surface area contributed by atoms with Crippen molar-refractivity contribution in [2.75, 3.05) is 19.6 Å². The number of fused-ring (bicyclic) bond motifs is 1. The van der Waals surface area contributed by atoms with Gasteiger partial charge < -0.3 is 10.4 Å². The van der Waals surface area contributed by atoms with E-state index in [0.717, 1.165) is 19.5 Å². The van der Waals surface area contributed by atoms with E-state index in [1.807, 2.05) is 6.07 Å². The standard InChI is InChI=1S/C18H20ClN3O2/c19-17-10-20-7-5-16(17)18(24)21-9-15(23)12-22-8-6-13-3-1-2-4-14(13)11-22/h1-5,7,10,15,23H,6,8-9,11-12H2,(H,21,24)/t15-/m0/s1. The molecule has 2 aromatic rings. The highest BCUT2D eigenvalue weighted by Crippen LogP contribution is 2.18. The van der Waals surface area contributed by atoms with E-state index in [4.69, 9.17) is 11.6 Å². The summed E-state index contributed by atoms with van der Waals surface area (Å²) in [6.45, 7) is 2.46. The molecule has 1 aliphatic heterocycles. The fourth-order valence-corrected chi connectivity index (χ4v) is 3.14. The van der Waals surface area contributed by atoms with Crippen molar-refractivity contribution in [3.05, 3.63) is 64.4 Å². The summed E-state index contributed by atoms with van der Waals surface area (Å²) in [6, 6.07) is 9.94. The number of pyridine rings is 1. The maximum Gasteiger partial charge on any atom is 0.253 e. The number of amides is 1. The Labute approximate surface area is 146 Å². The van der Waals surface area contributed by atoms with Crippen molar-refractivity contribution in [2.24, 2.45) is 0 Å². The monoisotopic (exact) mass is 345 g/mol. The van der Waals surface area contributed by atoms with Gasteiger partial charge >= 0.3 is 0 Å². The van der Waals surface area contributed by atoms with Crippen molar-refractivity contribution >= 4 is 17.5 Å². The van der Waals surface area contributed by atoms with Crippen LogP contribution in [-0.2, 0) is 13.0 Å². The molecule has 3 rings (SSSR count). The van der Waals surface area contributed by atoms with E-state index in [9.17, 15) is 9.90 Å². The van der Waals surface area contributed by atoms with Crippen molar-refractivity contribution in [3.63, 3.8) is 0 Å². The summed E-state index contributed by atoms with van der Waals surface area (Å²) in [5, 5.41) is 13.2. The molecular weight excluding hydrogens is 326 g/mol. The molecule has 2 heterocycles. The third-order valence-corrected chi connectivity index (χ3v) is 4.50. The SMILES string of the molecule is O=C(NC[C@H](O)CN1CCc2ccccc2C1)c1ccncc1Cl. The number of halogens is 1. The molecule has 0 fully saturated rings. The van der Waals surface area contributed by atoms with E-state index in [2.05, 4.69) is 33.4 Å². The van der Waals surface area contributed by atoms with Crippen molar-refractivity contribution in [1.82, 2.24) is 15.2 Å². The summed E-state index contributed by atoms with van der Waals surface area (Å²) in [7, 11) is 0. The summed E-state index contributed by atoms with van der Waals surface area (Å²) in [4.78, 5) is 18.1. The minimum atomic E-state index is -0.625. The zero-order valence-corrected chi connectivity index (χ0v) is 14.0. The van der Waals surface area contributed by atoms with Gasteiger partial charge in [-0.05, 0) is 23.6 Å². The lowest BCUT2D eigenvalue weighted by atomic mass is 10.00. The normalized spacial score (nSPS) is 15.6. The molecule has 126 valence electrons. The number of aliphatic hydroxyl groups is 1. The van der Waals surface area contributed by atoms with Gasteiger partial charge in [-0.1, -0.05) is 35.9 Å². The van der Waals surface area contributed by atoms with Crippen LogP contribution < -0.4 is 5.32 Å². The van der Waals surface area contributed by atoms with Gasteiger partial charge in [-0.15, -0.1) is 0 Å². The molecule has 0 aliphatic carbocycles. The summed E-state index contributed by atoms with van der Waals surface area (Å²) >= 11 is 5.94. The zero-order valence-electron chi connectivity index (χ0n) is 13.3. The lowest BCUT2D eigenvalue weighted by Crippen LogP contribution is -2.42. The van der Waals surface area contributed by atoms with Crippen molar-refractivity contribution in [1.29, 1.82) is 0 Å². The third-order valence-electron chi connectivity index (χ3n) is 4.19. The van der Waals surface area contributed by atoms with Gasteiger partial charge in [0.05, 0.1) is 16.7 Å². The molecule has 1 aromatic carbocycles. The Kier molecular flexibility index (Phi) is 5.45. The number of carbonyl (C=O) groups is 1. The highest BCUT2D eigenvalue weighted by molar-refractivity contribution is 6.33. The van der Waals surface area contributed by atoms with Gasteiger partial charge in [0.2, 0.25) is 0 Å². The van der Waals surface area contributed by atoms with Crippen LogP contribution in [-0.4, -0.2) is 46.6 Å². The number of nitrogens with zero attached hydrogens (tertiary/aromatic N) is 2. The van der Waals surface area contributed by atoms with Crippen LogP contribution in [0.5, 0.6) is 0 Å². The fourth-order valence-electron chi connectivity index (χ4n) is 2.94. The number of aliphatic hydroxyl groups excluding tert-OH is 1. The molecule has 0 spiro atoms. The second kappa shape index (κ2) is 7.75. The van der Waals surface area contributed by atoms with Crippen LogP contribution in [0, 0.1) is 0 Å². The van der Waals surface area contributed by atoms with Crippen molar-refractivity contribution in [2.45, 2.75) is 19.1 Å². The number of hydrogen-bond donors (Lipinski definition) is 2. The summed E-state index contributed by atoms with van der Waals surface area (Å²) < 4.78 is 0. The highest BCUT2D eigenvalue weighted by atomic mass is 35.5. The molecule has 0 radical (unpaired) electrons. The van der Waals surface area contributed by atoms with Crippen LogP contribution in [0.1, 0.15) is 21.5 Å². The summed E-state index contributed by atoms with van der Waals surface area (Å²) in [5.74, 6) is -0.301. The third kappa shape index (κ3) is 4.12. The highest BCUT2D eigenvalue weighted by Gasteiger charge is 2.19. The number of β-amino-alcohol motifs (C(OH)–C–C–N with tert-alkyl or cyclic N) is 1. The maximum atomic E-state index is 12.1. The second-order valence-corrected chi connectivity index (χ2v) is 6.38. The molecule has 0 bridgehead atoms. The average Bonchev–Trinajstić information content (AvgIpc) is 2.60. The Balaban J connectivity index is 1.49. The predicted molar refractivity (Wildman–Crippen MR) is 93.0 cm³/mol. The number of rotatable bonds is 5.